The highest BCUT2D eigenvalue weighted by molar-refractivity contribution is 6.20. The summed E-state index contributed by atoms with van der Waals surface area (Å²) >= 11 is 0. The van der Waals surface area contributed by atoms with Gasteiger partial charge in [0.15, 0.2) is 5.58 Å². The van der Waals surface area contributed by atoms with Crippen LogP contribution >= 0.6 is 0 Å². The Kier molecular flexibility index (Phi) is 6.78. The van der Waals surface area contributed by atoms with Gasteiger partial charge in [0.2, 0.25) is 5.89 Å². The number of anilines is 3. The molecule has 0 amide bonds. The largest absolute Gasteiger partial charge is 0.456 e. The molecule has 8 aromatic carbocycles. The maximum atomic E-state index is 6.80. The van der Waals surface area contributed by atoms with Crippen molar-refractivity contribution in [2.45, 2.75) is 0 Å². The molecule has 0 aliphatic rings. The molecule has 0 radical (unpaired) electrons. The first-order chi connectivity index (χ1) is 25.3. The molecule has 240 valence electrons. The number of hydrogen-bond donors (Lipinski definition) is 0. The maximum absolute atomic E-state index is 6.80. The lowest BCUT2D eigenvalue weighted by Crippen LogP contribution is -2.10. The van der Waals surface area contributed by atoms with Gasteiger partial charge in [0, 0.05) is 28.4 Å². The van der Waals surface area contributed by atoms with E-state index in [0.717, 1.165) is 66.8 Å². The number of furan rings is 1. The summed E-state index contributed by atoms with van der Waals surface area (Å²) in [6.07, 6.45) is 0. The zero-order valence-corrected chi connectivity index (χ0v) is 27.5. The van der Waals surface area contributed by atoms with E-state index in [-0.39, 0.29) is 0 Å². The van der Waals surface area contributed by atoms with Crippen molar-refractivity contribution in [1.82, 2.24) is 4.98 Å². The molecule has 0 aliphatic carbocycles. The van der Waals surface area contributed by atoms with Crippen molar-refractivity contribution in [2.24, 2.45) is 0 Å². The summed E-state index contributed by atoms with van der Waals surface area (Å²) in [5.41, 5.74) is 11.3. The van der Waals surface area contributed by atoms with Crippen molar-refractivity contribution in [2.75, 3.05) is 4.90 Å². The van der Waals surface area contributed by atoms with E-state index < -0.39 is 0 Å². The quantitative estimate of drug-likeness (QED) is 0.179. The average molecular weight is 655 g/mol. The Bertz CT molecular complexity index is 2850. The van der Waals surface area contributed by atoms with Crippen molar-refractivity contribution in [1.29, 1.82) is 0 Å². The van der Waals surface area contributed by atoms with Gasteiger partial charge in [-0.3, -0.25) is 0 Å². The van der Waals surface area contributed by atoms with Crippen LogP contribution in [-0.2, 0) is 0 Å². The van der Waals surface area contributed by atoms with Gasteiger partial charge in [0.1, 0.15) is 16.7 Å². The van der Waals surface area contributed by atoms with Gasteiger partial charge in [-0.25, -0.2) is 4.98 Å². The molecule has 0 N–H and O–H groups in total. The molecular formula is C47H30N2O2. The molecule has 0 atom stereocenters. The summed E-state index contributed by atoms with van der Waals surface area (Å²) < 4.78 is 13.3. The predicted octanol–water partition coefficient (Wildman–Crippen LogP) is 13.4. The van der Waals surface area contributed by atoms with E-state index in [1.54, 1.807) is 0 Å². The Morgan fingerprint density at radius 3 is 1.88 bits per heavy atom. The lowest BCUT2D eigenvalue weighted by molar-refractivity contribution is 0.619. The van der Waals surface area contributed by atoms with Crippen LogP contribution in [0.1, 0.15) is 0 Å². The Labute approximate surface area is 294 Å². The molecule has 0 spiro atoms. The van der Waals surface area contributed by atoms with Crippen molar-refractivity contribution in [3.63, 3.8) is 0 Å². The molecule has 4 nitrogen and oxygen atoms in total. The fourth-order valence-electron chi connectivity index (χ4n) is 7.19. The second-order valence-corrected chi connectivity index (χ2v) is 12.8. The van der Waals surface area contributed by atoms with E-state index in [2.05, 4.69) is 132 Å². The van der Waals surface area contributed by atoms with E-state index >= 15 is 0 Å². The molecule has 0 saturated carbocycles. The summed E-state index contributed by atoms with van der Waals surface area (Å²) in [7, 11) is 0. The number of hydrogen-bond acceptors (Lipinski definition) is 4. The van der Waals surface area contributed by atoms with Gasteiger partial charge in [-0.05, 0) is 81.6 Å². The standard InChI is InChI=1S/C47H30N2O2/c1-3-12-31(13-4-1)33-24-26-38(27-25-33)49(39-19-11-18-36(29-39)37-23-22-32-14-7-8-17-35(32)28-37)41-30-43-44(40-20-9-10-21-42(40)50-43)45-46(41)51-47(48-45)34-15-5-2-6-16-34/h1-30H. The van der Waals surface area contributed by atoms with E-state index in [0.29, 0.717) is 11.5 Å². The zero-order valence-electron chi connectivity index (χ0n) is 27.5. The van der Waals surface area contributed by atoms with Gasteiger partial charge in [-0.1, -0.05) is 127 Å². The number of nitrogens with zero attached hydrogens (tertiary/aromatic N) is 2. The summed E-state index contributed by atoms with van der Waals surface area (Å²) in [6.45, 7) is 0. The summed E-state index contributed by atoms with van der Waals surface area (Å²) in [5, 5.41) is 4.38. The number of rotatable bonds is 6. The normalized spacial score (nSPS) is 11.5. The summed E-state index contributed by atoms with van der Waals surface area (Å²) in [6, 6.07) is 63.3. The fourth-order valence-corrected chi connectivity index (χ4v) is 7.19. The van der Waals surface area contributed by atoms with Crippen LogP contribution in [0.25, 0.3) is 77.5 Å². The highest BCUT2D eigenvalue weighted by Crippen LogP contribution is 2.46. The van der Waals surface area contributed by atoms with Gasteiger partial charge in [-0.15, -0.1) is 0 Å². The molecule has 10 rings (SSSR count). The van der Waals surface area contributed by atoms with Crippen LogP contribution in [-0.4, -0.2) is 4.98 Å². The SMILES string of the molecule is c1ccc(-c2ccc(N(c3cccc(-c4ccc5ccccc5c4)c3)c3cc4oc5ccccc5c4c4nc(-c5ccccc5)oc34)cc2)cc1. The predicted molar refractivity (Wildman–Crippen MR) is 210 cm³/mol. The van der Waals surface area contributed by atoms with E-state index in [9.17, 15) is 0 Å². The van der Waals surface area contributed by atoms with Crippen LogP contribution in [0.2, 0.25) is 0 Å². The fraction of sp³-hybridized carbons (Fsp3) is 0. The molecule has 2 aromatic heterocycles. The number of para-hydroxylation sites is 1. The van der Waals surface area contributed by atoms with Gasteiger partial charge >= 0.3 is 0 Å². The van der Waals surface area contributed by atoms with Crippen molar-refractivity contribution < 1.29 is 8.83 Å². The summed E-state index contributed by atoms with van der Waals surface area (Å²) in [5.74, 6) is 0.564. The van der Waals surface area contributed by atoms with Crippen molar-refractivity contribution >= 4 is 60.9 Å². The van der Waals surface area contributed by atoms with Crippen LogP contribution < -0.4 is 4.90 Å². The number of benzene rings is 8. The lowest BCUT2D eigenvalue weighted by atomic mass is 10.00. The van der Waals surface area contributed by atoms with Crippen LogP contribution in [0.4, 0.5) is 17.1 Å². The molecule has 0 aliphatic heterocycles. The van der Waals surface area contributed by atoms with E-state index in [4.69, 9.17) is 13.8 Å². The molecule has 0 bridgehead atoms. The first kappa shape index (κ1) is 29.0. The minimum Gasteiger partial charge on any atom is -0.456 e. The highest BCUT2D eigenvalue weighted by atomic mass is 16.4. The van der Waals surface area contributed by atoms with Crippen molar-refractivity contribution in [3.8, 4) is 33.7 Å². The lowest BCUT2D eigenvalue weighted by Gasteiger charge is -2.26. The smallest absolute Gasteiger partial charge is 0.227 e. The first-order valence-electron chi connectivity index (χ1n) is 17.1. The van der Waals surface area contributed by atoms with Crippen LogP contribution in [0.3, 0.4) is 0 Å². The van der Waals surface area contributed by atoms with Crippen molar-refractivity contribution in [3.05, 3.63) is 182 Å². The Morgan fingerprint density at radius 2 is 1.06 bits per heavy atom. The molecule has 51 heavy (non-hydrogen) atoms. The molecule has 2 heterocycles. The van der Waals surface area contributed by atoms with Crippen LogP contribution in [0.15, 0.2) is 191 Å². The van der Waals surface area contributed by atoms with E-state index in [1.165, 1.54) is 16.3 Å². The topological polar surface area (TPSA) is 42.4 Å². The van der Waals surface area contributed by atoms with Gasteiger partial charge in [0.25, 0.3) is 0 Å². The summed E-state index contributed by atoms with van der Waals surface area (Å²) in [4.78, 5) is 7.42. The monoisotopic (exact) mass is 654 g/mol. The molecule has 4 heteroatoms. The highest BCUT2D eigenvalue weighted by Gasteiger charge is 2.25. The molecule has 0 saturated heterocycles. The average Bonchev–Trinajstić information content (AvgIpc) is 3.81. The Morgan fingerprint density at radius 1 is 0.412 bits per heavy atom. The second-order valence-electron chi connectivity index (χ2n) is 12.8. The minimum absolute atomic E-state index is 0.564. The molecular weight excluding hydrogens is 625 g/mol. The second kappa shape index (κ2) is 11.9. The first-order valence-corrected chi connectivity index (χ1v) is 17.1. The zero-order chi connectivity index (χ0) is 33.7. The number of fused-ring (bicyclic) bond motifs is 6. The minimum atomic E-state index is 0.564. The molecule has 10 aromatic rings. The van der Waals surface area contributed by atoms with Crippen LogP contribution in [0.5, 0.6) is 0 Å². The van der Waals surface area contributed by atoms with E-state index in [1.807, 2.05) is 54.6 Å². The Hall–Kier alpha value is -6.91. The number of aromatic nitrogens is 1. The molecule has 0 unspecified atom stereocenters. The Balaban J connectivity index is 1.22. The molecule has 0 fully saturated rings. The maximum Gasteiger partial charge on any atom is 0.227 e. The van der Waals surface area contributed by atoms with Crippen LogP contribution in [0, 0.1) is 0 Å². The third kappa shape index (κ3) is 5.04. The third-order valence-electron chi connectivity index (χ3n) is 9.67. The number of oxazole rings is 1. The van der Waals surface area contributed by atoms with Gasteiger partial charge in [-0.2, -0.15) is 0 Å². The van der Waals surface area contributed by atoms with Gasteiger partial charge < -0.3 is 13.7 Å². The third-order valence-corrected chi connectivity index (χ3v) is 9.67. The van der Waals surface area contributed by atoms with Gasteiger partial charge in [0.05, 0.1) is 11.1 Å².